The lowest BCUT2D eigenvalue weighted by atomic mass is 10.1. The highest BCUT2D eigenvalue weighted by atomic mass is 79.9. The fourth-order valence-corrected chi connectivity index (χ4v) is 4.32. The summed E-state index contributed by atoms with van der Waals surface area (Å²) in [7, 11) is -3.45. The van der Waals surface area contributed by atoms with Crippen molar-refractivity contribution >= 4 is 26.0 Å². The largest absolute Gasteiger partial charge is 0.371 e. The first-order chi connectivity index (χ1) is 12.5. The molecular formula is C19H23BrN2O3S. The molecule has 1 aliphatic heterocycles. The maximum atomic E-state index is 12.3. The van der Waals surface area contributed by atoms with Gasteiger partial charge in [-0.3, -0.25) is 4.90 Å². The molecule has 1 N–H and O–H groups in total. The molecule has 2 aromatic carbocycles. The standard InChI is InChI=1S/C19H23BrN2O3S/c20-17-7-9-18(10-8-17)26(23,24)21-11-4-12-22-13-14-25-19(15-22)16-5-2-1-3-6-16/h1-3,5-10,19,21H,4,11-15H2. The predicted molar refractivity (Wildman–Crippen MR) is 106 cm³/mol. The van der Waals surface area contributed by atoms with Gasteiger partial charge in [0.25, 0.3) is 0 Å². The van der Waals surface area contributed by atoms with Crippen LogP contribution in [0.15, 0.2) is 64.0 Å². The quantitative estimate of drug-likeness (QED) is 0.674. The van der Waals surface area contributed by atoms with Crippen LogP contribution in [0.25, 0.3) is 0 Å². The molecule has 0 aliphatic carbocycles. The van der Waals surface area contributed by atoms with Crippen molar-refractivity contribution in [1.82, 2.24) is 9.62 Å². The molecule has 1 unspecified atom stereocenters. The van der Waals surface area contributed by atoms with Gasteiger partial charge in [-0.1, -0.05) is 46.3 Å². The number of ether oxygens (including phenoxy) is 1. The van der Waals surface area contributed by atoms with Crippen molar-refractivity contribution in [1.29, 1.82) is 0 Å². The van der Waals surface area contributed by atoms with Gasteiger partial charge in [-0.05, 0) is 42.8 Å². The summed E-state index contributed by atoms with van der Waals surface area (Å²) in [4.78, 5) is 2.62. The molecule has 1 atom stereocenters. The van der Waals surface area contributed by atoms with Crippen LogP contribution in [0.5, 0.6) is 0 Å². The van der Waals surface area contributed by atoms with Crippen LogP contribution in [0.4, 0.5) is 0 Å². The molecule has 0 saturated carbocycles. The van der Waals surface area contributed by atoms with E-state index in [0.29, 0.717) is 13.2 Å². The summed E-state index contributed by atoms with van der Waals surface area (Å²) in [6.07, 6.45) is 0.849. The Hall–Kier alpha value is -1.25. The molecule has 1 fully saturated rings. The zero-order chi connectivity index (χ0) is 18.4. The van der Waals surface area contributed by atoms with Crippen molar-refractivity contribution < 1.29 is 13.2 Å². The normalized spacial score (nSPS) is 18.7. The highest BCUT2D eigenvalue weighted by Crippen LogP contribution is 2.22. The van der Waals surface area contributed by atoms with Crippen molar-refractivity contribution in [3.8, 4) is 0 Å². The van der Waals surface area contributed by atoms with Crippen molar-refractivity contribution in [2.45, 2.75) is 17.4 Å². The van der Waals surface area contributed by atoms with Gasteiger partial charge >= 0.3 is 0 Å². The molecule has 26 heavy (non-hydrogen) atoms. The van der Waals surface area contributed by atoms with E-state index >= 15 is 0 Å². The number of benzene rings is 2. The third-order valence-corrected chi connectivity index (χ3v) is 6.39. The summed E-state index contributed by atoms with van der Waals surface area (Å²) < 4.78 is 33.9. The van der Waals surface area contributed by atoms with Crippen LogP contribution < -0.4 is 4.72 Å². The molecule has 3 rings (SSSR count). The SMILES string of the molecule is O=S(=O)(NCCCN1CCOC(c2ccccc2)C1)c1ccc(Br)cc1. The Labute approximate surface area is 163 Å². The second-order valence-electron chi connectivity index (χ2n) is 6.28. The Balaban J connectivity index is 1.45. The number of sulfonamides is 1. The van der Waals surface area contributed by atoms with Crippen LogP contribution in [0, 0.1) is 0 Å². The van der Waals surface area contributed by atoms with Crippen LogP contribution in [-0.4, -0.2) is 46.1 Å². The molecule has 1 saturated heterocycles. The minimum absolute atomic E-state index is 0.0874. The van der Waals surface area contributed by atoms with E-state index in [1.807, 2.05) is 18.2 Å². The van der Waals surface area contributed by atoms with Gasteiger partial charge in [-0.25, -0.2) is 13.1 Å². The second kappa shape index (κ2) is 9.10. The number of rotatable bonds is 7. The monoisotopic (exact) mass is 438 g/mol. The minimum Gasteiger partial charge on any atom is -0.371 e. The summed E-state index contributed by atoms with van der Waals surface area (Å²) in [5, 5.41) is 0. The van der Waals surface area contributed by atoms with Crippen molar-refractivity contribution in [3.05, 3.63) is 64.6 Å². The zero-order valence-corrected chi connectivity index (χ0v) is 16.9. The molecule has 7 heteroatoms. The summed E-state index contributed by atoms with van der Waals surface area (Å²) in [6, 6.07) is 16.9. The first-order valence-corrected chi connectivity index (χ1v) is 11.0. The molecule has 140 valence electrons. The van der Waals surface area contributed by atoms with Crippen LogP contribution in [0.1, 0.15) is 18.1 Å². The number of hydrogen-bond donors (Lipinski definition) is 1. The first kappa shape index (κ1) is 19.5. The second-order valence-corrected chi connectivity index (χ2v) is 8.96. The Bertz CT molecular complexity index is 797. The average Bonchev–Trinajstić information content (AvgIpc) is 2.67. The van der Waals surface area contributed by atoms with E-state index in [1.54, 1.807) is 24.3 Å². The molecule has 0 amide bonds. The number of nitrogens with zero attached hydrogens (tertiary/aromatic N) is 1. The Morgan fingerprint density at radius 2 is 1.85 bits per heavy atom. The zero-order valence-electron chi connectivity index (χ0n) is 14.5. The summed E-state index contributed by atoms with van der Waals surface area (Å²) in [5.74, 6) is 0. The lowest BCUT2D eigenvalue weighted by Crippen LogP contribution is -2.39. The van der Waals surface area contributed by atoms with Crippen molar-refractivity contribution in [2.75, 3.05) is 32.8 Å². The predicted octanol–water partition coefficient (Wildman–Crippen LogP) is 3.19. The van der Waals surface area contributed by atoms with Gasteiger partial charge in [0.15, 0.2) is 0 Å². The summed E-state index contributed by atoms with van der Waals surface area (Å²) in [5.41, 5.74) is 1.19. The van der Waals surface area contributed by atoms with E-state index in [2.05, 4.69) is 37.7 Å². The topological polar surface area (TPSA) is 58.6 Å². The minimum atomic E-state index is -3.45. The molecule has 1 heterocycles. The molecule has 0 aromatic heterocycles. The molecule has 0 bridgehead atoms. The molecule has 5 nitrogen and oxygen atoms in total. The van der Waals surface area contributed by atoms with Gasteiger partial charge in [-0.15, -0.1) is 0 Å². The van der Waals surface area contributed by atoms with E-state index in [-0.39, 0.29) is 11.0 Å². The Morgan fingerprint density at radius 1 is 1.12 bits per heavy atom. The Morgan fingerprint density at radius 3 is 2.58 bits per heavy atom. The highest BCUT2D eigenvalue weighted by molar-refractivity contribution is 9.10. The lowest BCUT2D eigenvalue weighted by Gasteiger charge is -2.33. The van der Waals surface area contributed by atoms with Crippen LogP contribution in [0.3, 0.4) is 0 Å². The molecule has 1 aliphatic rings. The van der Waals surface area contributed by atoms with Gasteiger partial charge in [0.2, 0.25) is 10.0 Å². The highest BCUT2D eigenvalue weighted by Gasteiger charge is 2.21. The first-order valence-electron chi connectivity index (χ1n) is 8.69. The molecule has 0 radical (unpaired) electrons. The van der Waals surface area contributed by atoms with E-state index in [9.17, 15) is 8.42 Å². The Kier molecular flexibility index (Phi) is 6.83. The lowest BCUT2D eigenvalue weighted by molar-refractivity contribution is -0.0300. The maximum Gasteiger partial charge on any atom is 0.240 e. The number of morpholine rings is 1. The van der Waals surface area contributed by atoms with Gasteiger partial charge < -0.3 is 4.74 Å². The van der Waals surface area contributed by atoms with E-state index in [4.69, 9.17) is 4.74 Å². The number of nitrogens with one attached hydrogen (secondary N) is 1. The van der Waals surface area contributed by atoms with Crippen LogP contribution >= 0.6 is 15.9 Å². The average molecular weight is 439 g/mol. The van der Waals surface area contributed by atoms with Gasteiger partial charge in [-0.2, -0.15) is 0 Å². The van der Waals surface area contributed by atoms with Crippen molar-refractivity contribution in [3.63, 3.8) is 0 Å². The maximum absolute atomic E-state index is 12.3. The fourth-order valence-electron chi connectivity index (χ4n) is 2.98. The van der Waals surface area contributed by atoms with E-state index in [1.165, 1.54) is 5.56 Å². The summed E-state index contributed by atoms with van der Waals surface area (Å²) >= 11 is 3.31. The van der Waals surface area contributed by atoms with Gasteiger partial charge in [0.1, 0.15) is 0 Å². The number of hydrogen-bond acceptors (Lipinski definition) is 4. The molecule has 0 spiro atoms. The van der Waals surface area contributed by atoms with E-state index < -0.39 is 10.0 Å². The summed E-state index contributed by atoms with van der Waals surface area (Å²) in [6.45, 7) is 3.68. The smallest absolute Gasteiger partial charge is 0.240 e. The van der Waals surface area contributed by atoms with Crippen molar-refractivity contribution in [2.24, 2.45) is 0 Å². The third-order valence-electron chi connectivity index (χ3n) is 4.39. The molecular weight excluding hydrogens is 416 g/mol. The van der Waals surface area contributed by atoms with Gasteiger partial charge in [0, 0.05) is 24.1 Å². The molecule has 2 aromatic rings. The third kappa shape index (κ3) is 5.37. The number of halogens is 1. The van der Waals surface area contributed by atoms with E-state index in [0.717, 1.165) is 30.5 Å². The van der Waals surface area contributed by atoms with Gasteiger partial charge in [0.05, 0.1) is 17.6 Å². The van der Waals surface area contributed by atoms with Crippen LogP contribution in [0.2, 0.25) is 0 Å². The fraction of sp³-hybridized carbons (Fsp3) is 0.368. The van der Waals surface area contributed by atoms with Crippen LogP contribution in [-0.2, 0) is 14.8 Å².